The molecule has 4 nitrogen and oxygen atoms in total. The maximum absolute atomic E-state index is 4.37. The summed E-state index contributed by atoms with van der Waals surface area (Å²) in [6.45, 7) is 3.22. The average Bonchev–Trinajstić information content (AvgIpc) is 3.34. The third-order valence-corrected chi connectivity index (χ3v) is 5.05. The normalized spacial score (nSPS) is 22.8. The number of hydrogen-bond donors (Lipinski definition) is 1. The molecule has 0 unspecified atom stereocenters. The number of fused-ring (bicyclic) bond motifs is 1. The molecule has 1 aromatic rings. The van der Waals surface area contributed by atoms with Gasteiger partial charge < -0.3 is 9.88 Å². The van der Waals surface area contributed by atoms with Crippen molar-refractivity contribution in [2.75, 3.05) is 6.54 Å². The highest BCUT2D eigenvalue weighted by atomic mass is 15.3. The Kier molecular flexibility index (Phi) is 3.06. The number of nitrogens with one attached hydrogen (secondary N) is 1. The van der Waals surface area contributed by atoms with Gasteiger partial charge in [-0.15, -0.1) is 10.2 Å². The van der Waals surface area contributed by atoms with Gasteiger partial charge in [0.2, 0.25) is 0 Å². The lowest BCUT2D eigenvalue weighted by atomic mass is 9.98. The van der Waals surface area contributed by atoms with E-state index in [-0.39, 0.29) is 0 Å². The Balaban J connectivity index is 1.33. The van der Waals surface area contributed by atoms with Crippen LogP contribution >= 0.6 is 0 Å². The van der Waals surface area contributed by atoms with Crippen LogP contribution in [0.3, 0.4) is 0 Å². The van der Waals surface area contributed by atoms with Crippen molar-refractivity contribution in [2.45, 2.75) is 58.0 Å². The molecule has 1 aromatic heterocycles. The molecule has 0 aromatic carbocycles. The van der Waals surface area contributed by atoms with Crippen molar-refractivity contribution < 1.29 is 0 Å². The van der Waals surface area contributed by atoms with Crippen LogP contribution in [-0.2, 0) is 19.5 Å². The van der Waals surface area contributed by atoms with Crippen molar-refractivity contribution in [3.63, 3.8) is 0 Å². The third kappa shape index (κ3) is 2.55. The van der Waals surface area contributed by atoms with Crippen molar-refractivity contribution >= 4 is 0 Å². The third-order valence-electron chi connectivity index (χ3n) is 5.05. The lowest BCUT2D eigenvalue weighted by molar-refractivity contribution is 0.373. The van der Waals surface area contributed by atoms with Crippen LogP contribution in [0.2, 0.25) is 0 Å². The van der Waals surface area contributed by atoms with Gasteiger partial charge in [-0.2, -0.15) is 0 Å². The van der Waals surface area contributed by atoms with Gasteiger partial charge in [0, 0.05) is 13.0 Å². The maximum atomic E-state index is 4.37. The van der Waals surface area contributed by atoms with E-state index in [9.17, 15) is 0 Å². The molecule has 2 aliphatic carbocycles. The summed E-state index contributed by atoms with van der Waals surface area (Å²) in [5.41, 5.74) is 0. The molecule has 0 bridgehead atoms. The fraction of sp³-hybridized carbons (Fsp3) is 0.867. The second kappa shape index (κ2) is 4.89. The van der Waals surface area contributed by atoms with E-state index in [2.05, 4.69) is 20.1 Å². The van der Waals surface area contributed by atoms with E-state index in [1.165, 1.54) is 50.9 Å². The molecule has 3 aliphatic rings. The van der Waals surface area contributed by atoms with Crippen molar-refractivity contribution in [1.29, 1.82) is 0 Å². The van der Waals surface area contributed by atoms with Gasteiger partial charge in [-0.25, -0.2) is 0 Å². The van der Waals surface area contributed by atoms with Gasteiger partial charge in [0.15, 0.2) is 0 Å². The highest BCUT2D eigenvalue weighted by molar-refractivity contribution is 4.99. The highest BCUT2D eigenvalue weighted by Crippen LogP contribution is 2.48. The second-order valence-electron chi connectivity index (χ2n) is 6.61. The largest absolute Gasteiger partial charge is 0.314 e. The molecule has 0 saturated heterocycles. The topological polar surface area (TPSA) is 42.7 Å². The van der Waals surface area contributed by atoms with E-state index < -0.39 is 0 Å². The number of aromatic nitrogens is 3. The van der Waals surface area contributed by atoms with Crippen LogP contribution in [0.4, 0.5) is 0 Å². The molecule has 0 radical (unpaired) electrons. The van der Waals surface area contributed by atoms with Crippen molar-refractivity contribution in [3.05, 3.63) is 11.6 Å². The first-order chi connectivity index (χ1) is 9.42. The van der Waals surface area contributed by atoms with Gasteiger partial charge in [0.05, 0.1) is 6.54 Å². The first kappa shape index (κ1) is 11.9. The molecule has 1 aliphatic heterocycles. The Morgan fingerprint density at radius 1 is 1.11 bits per heavy atom. The molecule has 2 saturated carbocycles. The van der Waals surface area contributed by atoms with Gasteiger partial charge in [0.1, 0.15) is 11.6 Å². The monoisotopic (exact) mass is 260 g/mol. The number of hydrogen-bond acceptors (Lipinski definition) is 3. The van der Waals surface area contributed by atoms with Gasteiger partial charge in [0.25, 0.3) is 0 Å². The highest BCUT2D eigenvalue weighted by Gasteiger charge is 2.40. The number of rotatable bonds is 6. The molecule has 19 heavy (non-hydrogen) atoms. The van der Waals surface area contributed by atoms with E-state index in [0.717, 1.165) is 43.1 Å². The molecule has 0 amide bonds. The molecule has 2 fully saturated rings. The van der Waals surface area contributed by atoms with Crippen LogP contribution in [0.5, 0.6) is 0 Å². The summed E-state index contributed by atoms with van der Waals surface area (Å²) < 4.78 is 2.33. The predicted octanol–water partition coefficient (Wildman–Crippen LogP) is 2.14. The summed E-state index contributed by atoms with van der Waals surface area (Å²) in [4.78, 5) is 0. The fourth-order valence-corrected chi connectivity index (χ4v) is 3.62. The Morgan fingerprint density at radius 3 is 2.63 bits per heavy atom. The molecule has 0 atom stereocenters. The van der Waals surface area contributed by atoms with Crippen LogP contribution in [-0.4, -0.2) is 21.3 Å². The molecule has 4 rings (SSSR count). The summed E-state index contributed by atoms with van der Waals surface area (Å²) in [7, 11) is 0. The van der Waals surface area contributed by atoms with E-state index in [1.54, 1.807) is 0 Å². The molecule has 104 valence electrons. The Bertz CT molecular complexity index is 433. The van der Waals surface area contributed by atoms with E-state index in [0.29, 0.717) is 0 Å². The average molecular weight is 260 g/mol. The zero-order valence-electron chi connectivity index (χ0n) is 11.6. The first-order valence-corrected chi connectivity index (χ1v) is 8.03. The van der Waals surface area contributed by atoms with Crippen molar-refractivity contribution in [1.82, 2.24) is 20.1 Å². The van der Waals surface area contributed by atoms with Crippen LogP contribution in [0.15, 0.2) is 0 Å². The van der Waals surface area contributed by atoms with Crippen molar-refractivity contribution in [3.8, 4) is 0 Å². The Morgan fingerprint density at radius 2 is 1.89 bits per heavy atom. The van der Waals surface area contributed by atoms with Gasteiger partial charge in [-0.1, -0.05) is 0 Å². The van der Waals surface area contributed by atoms with Crippen LogP contribution in [0.25, 0.3) is 0 Å². The van der Waals surface area contributed by atoms with Crippen LogP contribution in [0, 0.1) is 17.8 Å². The fourth-order valence-electron chi connectivity index (χ4n) is 3.62. The van der Waals surface area contributed by atoms with Gasteiger partial charge in [-0.3, -0.25) is 0 Å². The van der Waals surface area contributed by atoms with Crippen LogP contribution in [0.1, 0.15) is 50.2 Å². The molecular formula is C15H24N4. The standard InChI is InChI=1S/C15H24N4/c1-2-8-19-14(3-1)17-18-15(19)10-16-9-13(11-4-5-11)12-6-7-12/h11-13,16H,1-10H2. The minimum Gasteiger partial charge on any atom is -0.314 e. The summed E-state index contributed by atoms with van der Waals surface area (Å²) in [5.74, 6) is 5.37. The molecule has 1 N–H and O–H groups in total. The molecular weight excluding hydrogens is 236 g/mol. The quantitative estimate of drug-likeness (QED) is 0.852. The number of nitrogens with zero attached hydrogens (tertiary/aromatic N) is 3. The Labute approximate surface area is 115 Å². The lowest BCUT2D eigenvalue weighted by Gasteiger charge is -2.17. The van der Waals surface area contributed by atoms with E-state index in [4.69, 9.17) is 0 Å². The SMILES string of the molecule is C1CCn2c(nnc2CNCC(C2CC2)C2CC2)C1. The summed E-state index contributed by atoms with van der Waals surface area (Å²) in [6.07, 6.45) is 9.57. The Hall–Kier alpha value is -0.900. The van der Waals surface area contributed by atoms with Gasteiger partial charge in [-0.05, 0) is 62.8 Å². The summed E-state index contributed by atoms with van der Waals surface area (Å²) in [6, 6.07) is 0. The minimum absolute atomic E-state index is 0.906. The summed E-state index contributed by atoms with van der Waals surface area (Å²) >= 11 is 0. The van der Waals surface area contributed by atoms with E-state index >= 15 is 0 Å². The number of aryl methyl sites for hydroxylation is 1. The molecule has 4 heteroatoms. The van der Waals surface area contributed by atoms with Crippen molar-refractivity contribution in [2.24, 2.45) is 17.8 Å². The molecule has 0 spiro atoms. The lowest BCUT2D eigenvalue weighted by Crippen LogP contribution is -2.27. The van der Waals surface area contributed by atoms with Gasteiger partial charge >= 0.3 is 0 Å². The van der Waals surface area contributed by atoms with E-state index in [1.807, 2.05) is 0 Å². The zero-order valence-corrected chi connectivity index (χ0v) is 11.6. The second-order valence-corrected chi connectivity index (χ2v) is 6.61. The maximum Gasteiger partial charge on any atom is 0.147 e. The smallest absolute Gasteiger partial charge is 0.147 e. The minimum atomic E-state index is 0.906. The summed E-state index contributed by atoms with van der Waals surface area (Å²) in [5, 5.41) is 12.3. The van der Waals surface area contributed by atoms with Crippen LogP contribution < -0.4 is 5.32 Å². The zero-order chi connectivity index (χ0) is 12.7. The molecule has 2 heterocycles. The predicted molar refractivity (Wildman–Crippen MR) is 73.6 cm³/mol. The first-order valence-electron chi connectivity index (χ1n) is 8.03.